The van der Waals surface area contributed by atoms with Crippen molar-refractivity contribution in [2.75, 3.05) is 6.54 Å². The second-order valence-electron chi connectivity index (χ2n) is 5.50. The molecule has 0 bridgehead atoms. The summed E-state index contributed by atoms with van der Waals surface area (Å²) in [6.45, 7) is 2.80. The molecule has 0 aromatic carbocycles. The molecular formula is C14H22N2O. The highest BCUT2D eigenvalue weighted by molar-refractivity contribution is 5.12. The number of rotatable bonds is 3. The number of hydrogen-bond acceptors (Lipinski definition) is 3. The summed E-state index contributed by atoms with van der Waals surface area (Å²) in [7, 11) is 0. The van der Waals surface area contributed by atoms with E-state index in [4.69, 9.17) is 10.2 Å². The zero-order valence-electron chi connectivity index (χ0n) is 10.4. The van der Waals surface area contributed by atoms with Crippen molar-refractivity contribution >= 4 is 0 Å². The first-order valence-electron chi connectivity index (χ1n) is 6.87. The molecule has 0 spiro atoms. The minimum atomic E-state index is 0.579. The highest BCUT2D eigenvalue weighted by atomic mass is 16.3. The predicted molar refractivity (Wildman–Crippen MR) is 67.4 cm³/mol. The normalized spacial score (nSPS) is 29.5. The van der Waals surface area contributed by atoms with E-state index in [2.05, 4.69) is 11.0 Å². The van der Waals surface area contributed by atoms with Crippen LogP contribution in [0.3, 0.4) is 0 Å². The van der Waals surface area contributed by atoms with Gasteiger partial charge in [-0.1, -0.05) is 12.8 Å². The lowest BCUT2D eigenvalue weighted by Gasteiger charge is -2.31. The molecule has 2 heterocycles. The van der Waals surface area contributed by atoms with Crippen LogP contribution in [0.5, 0.6) is 0 Å². The van der Waals surface area contributed by atoms with Crippen LogP contribution in [0.1, 0.15) is 43.4 Å². The molecule has 1 saturated heterocycles. The van der Waals surface area contributed by atoms with Crippen LogP contribution in [0, 0.1) is 5.92 Å². The van der Waals surface area contributed by atoms with Gasteiger partial charge in [-0.15, -0.1) is 0 Å². The van der Waals surface area contributed by atoms with Gasteiger partial charge < -0.3 is 10.2 Å². The van der Waals surface area contributed by atoms with E-state index in [9.17, 15) is 0 Å². The van der Waals surface area contributed by atoms with Crippen LogP contribution in [-0.4, -0.2) is 17.5 Å². The number of nitrogens with two attached hydrogens (primary N) is 1. The Morgan fingerprint density at radius 2 is 2.18 bits per heavy atom. The zero-order valence-corrected chi connectivity index (χ0v) is 10.4. The Balaban J connectivity index is 1.65. The van der Waals surface area contributed by atoms with E-state index in [1.807, 2.05) is 0 Å². The topological polar surface area (TPSA) is 42.4 Å². The molecule has 3 heteroatoms. The molecule has 1 aliphatic carbocycles. The van der Waals surface area contributed by atoms with E-state index in [0.717, 1.165) is 29.8 Å². The molecule has 2 fully saturated rings. The number of fused-ring (bicyclic) bond motifs is 1. The second-order valence-corrected chi connectivity index (χ2v) is 5.50. The fourth-order valence-electron chi connectivity index (χ4n) is 3.52. The minimum absolute atomic E-state index is 0.579. The summed E-state index contributed by atoms with van der Waals surface area (Å²) < 4.78 is 5.58. The largest absolute Gasteiger partial charge is 0.468 e. The van der Waals surface area contributed by atoms with Crippen LogP contribution in [0.2, 0.25) is 0 Å². The van der Waals surface area contributed by atoms with Crippen molar-refractivity contribution in [1.29, 1.82) is 0 Å². The Hall–Kier alpha value is -0.800. The maximum Gasteiger partial charge on any atom is 0.118 e. The molecule has 0 amide bonds. The van der Waals surface area contributed by atoms with Gasteiger partial charge in [0.05, 0.1) is 12.8 Å². The van der Waals surface area contributed by atoms with E-state index >= 15 is 0 Å². The maximum atomic E-state index is 5.60. The van der Waals surface area contributed by atoms with E-state index in [1.165, 1.54) is 38.6 Å². The summed E-state index contributed by atoms with van der Waals surface area (Å²) in [6, 6.07) is 2.92. The lowest BCUT2D eigenvalue weighted by Crippen LogP contribution is -2.34. The van der Waals surface area contributed by atoms with E-state index in [-0.39, 0.29) is 0 Å². The molecule has 1 aromatic heterocycles. The third-order valence-corrected chi connectivity index (χ3v) is 4.43. The number of likely N-dealkylation sites (tertiary alicyclic amines) is 1. The van der Waals surface area contributed by atoms with Crippen molar-refractivity contribution in [3.05, 3.63) is 23.7 Å². The van der Waals surface area contributed by atoms with Gasteiger partial charge in [0, 0.05) is 18.2 Å². The minimum Gasteiger partial charge on any atom is -0.468 e. The highest BCUT2D eigenvalue weighted by Gasteiger charge is 2.35. The summed E-state index contributed by atoms with van der Waals surface area (Å²) in [5, 5.41) is 0. The Bertz CT molecular complexity index is 374. The van der Waals surface area contributed by atoms with Crippen LogP contribution in [0.15, 0.2) is 16.7 Å². The van der Waals surface area contributed by atoms with Crippen LogP contribution >= 0.6 is 0 Å². The van der Waals surface area contributed by atoms with Gasteiger partial charge in [0.1, 0.15) is 5.76 Å². The summed E-state index contributed by atoms with van der Waals surface area (Å²) in [5.41, 5.74) is 6.71. The smallest absolute Gasteiger partial charge is 0.118 e. The maximum absolute atomic E-state index is 5.60. The number of nitrogens with zero attached hydrogens (tertiary/aromatic N) is 1. The SMILES string of the molecule is NCc1coc(CN2CCC3CCCCC32)c1. The predicted octanol–water partition coefficient (Wildman–Crippen LogP) is 2.50. The molecule has 17 heavy (non-hydrogen) atoms. The molecule has 0 radical (unpaired) electrons. The molecule has 1 aliphatic heterocycles. The third kappa shape index (κ3) is 2.26. The Morgan fingerprint density at radius 3 is 3.00 bits per heavy atom. The van der Waals surface area contributed by atoms with Gasteiger partial charge in [0.2, 0.25) is 0 Å². The quantitative estimate of drug-likeness (QED) is 0.873. The van der Waals surface area contributed by atoms with Crippen LogP contribution in [-0.2, 0) is 13.1 Å². The van der Waals surface area contributed by atoms with Gasteiger partial charge in [-0.05, 0) is 37.8 Å². The van der Waals surface area contributed by atoms with Crippen molar-refractivity contribution in [3.8, 4) is 0 Å². The summed E-state index contributed by atoms with van der Waals surface area (Å²) in [5.74, 6) is 2.03. The monoisotopic (exact) mass is 234 g/mol. The molecule has 2 aliphatic rings. The van der Waals surface area contributed by atoms with Gasteiger partial charge in [-0.3, -0.25) is 4.90 Å². The summed E-state index contributed by atoms with van der Waals surface area (Å²) >= 11 is 0. The third-order valence-electron chi connectivity index (χ3n) is 4.43. The van der Waals surface area contributed by atoms with Gasteiger partial charge >= 0.3 is 0 Å². The second kappa shape index (κ2) is 4.83. The molecule has 2 atom stereocenters. The Morgan fingerprint density at radius 1 is 1.29 bits per heavy atom. The van der Waals surface area contributed by atoms with E-state index in [0.29, 0.717) is 6.54 Å². The molecule has 94 valence electrons. The first-order valence-corrected chi connectivity index (χ1v) is 6.87. The van der Waals surface area contributed by atoms with Crippen molar-refractivity contribution in [2.45, 2.75) is 51.2 Å². The van der Waals surface area contributed by atoms with E-state index in [1.54, 1.807) is 6.26 Å². The van der Waals surface area contributed by atoms with Crippen LogP contribution < -0.4 is 5.73 Å². The molecule has 1 saturated carbocycles. The molecule has 3 rings (SSSR count). The molecular weight excluding hydrogens is 212 g/mol. The fourth-order valence-corrected chi connectivity index (χ4v) is 3.52. The fraction of sp³-hybridized carbons (Fsp3) is 0.714. The van der Waals surface area contributed by atoms with Crippen LogP contribution in [0.4, 0.5) is 0 Å². The molecule has 2 unspecified atom stereocenters. The lowest BCUT2D eigenvalue weighted by atomic mass is 9.85. The van der Waals surface area contributed by atoms with Crippen LogP contribution in [0.25, 0.3) is 0 Å². The highest BCUT2D eigenvalue weighted by Crippen LogP contribution is 2.36. The van der Waals surface area contributed by atoms with E-state index < -0.39 is 0 Å². The first-order chi connectivity index (χ1) is 8.36. The van der Waals surface area contributed by atoms with Gasteiger partial charge in [-0.2, -0.15) is 0 Å². The standard InChI is InChI=1S/C14H22N2O/c15-8-11-7-13(17-10-11)9-16-6-5-12-3-1-2-4-14(12)16/h7,10,12,14H,1-6,8-9,15H2. The molecule has 3 nitrogen and oxygen atoms in total. The van der Waals surface area contributed by atoms with Crippen molar-refractivity contribution in [2.24, 2.45) is 11.7 Å². The summed E-state index contributed by atoms with van der Waals surface area (Å²) in [4.78, 5) is 2.61. The number of furan rings is 1. The average molecular weight is 234 g/mol. The number of hydrogen-bond donors (Lipinski definition) is 1. The van der Waals surface area contributed by atoms with Gasteiger partial charge in [0.15, 0.2) is 0 Å². The van der Waals surface area contributed by atoms with Gasteiger partial charge in [0.25, 0.3) is 0 Å². The Labute approximate surface area is 103 Å². The molecule has 2 N–H and O–H groups in total. The summed E-state index contributed by atoms with van der Waals surface area (Å²) in [6.07, 6.45) is 8.85. The lowest BCUT2D eigenvalue weighted by molar-refractivity contribution is 0.165. The van der Waals surface area contributed by atoms with Crippen molar-refractivity contribution < 1.29 is 4.42 Å². The first kappa shape index (κ1) is 11.3. The zero-order chi connectivity index (χ0) is 11.7. The average Bonchev–Trinajstić information content (AvgIpc) is 2.97. The van der Waals surface area contributed by atoms with Crippen molar-refractivity contribution in [3.63, 3.8) is 0 Å². The van der Waals surface area contributed by atoms with Crippen molar-refractivity contribution in [1.82, 2.24) is 4.90 Å². The Kier molecular flexibility index (Phi) is 3.21. The van der Waals surface area contributed by atoms with Gasteiger partial charge in [-0.25, -0.2) is 0 Å². The molecule has 1 aromatic rings.